The molecule has 0 rings (SSSR count). The number of nitrogens with two attached hydrogens (primary N) is 1. The van der Waals surface area contributed by atoms with E-state index in [4.69, 9.17) is 24.8 Å². The molecular weight excluding hydrogens is 781 g/mol. The minimum Gasteiger partial charge on any atom is -0.480 e. The molecule has 0 radical (unpaired) electrons. The first-order valence-corrected chi connectivity index (χ1v) is 24.5. The van der Waals surface area contributed by atoms with Gasteiger partial charge in [0.1, 0.15) is 12.6 Å². The largest absolute Gasteiger partial charge is 0.480 e. The highest BCUT2D eigenvalue weighted by molar-refractivity contribution is 7.47. The van der Waals surface area contributed by atoms with Gasteiger partial charge in [0, 0.05) is 12.8 Å². The number of allylic oxidation sites excluding steroid dienone is 12. The average Bonchev–Trinajstić information content (AvgIpc) is 3.22. The first kappa shape index (κ1) is 56.9. The van der Waals surface area contributed by atoms with Gasteiger partial charge in [-0.05, 0) is 51.4 Å². The number of hydrogen-bond acceptors (Lipinski definition) is 9. The van der Waals surface area contributed by atoms with E-state index in [1.54, 1.807) is 0 Å². The third-order valence-corrected chi connectivity index (χ3v) is 10.4. The number of phosphoric acid groups is 1. The molecule has 0 aromatic heterocycles. The highest BCUT2D eigenvalue weighted by atomic mass is 31.2. The van der Waals surface area contributed by atoms with Crippen molar-refractivity contribution in [2.45, 2.75) is 193 Å². The molecule has 4 N–H and O–H groups in total. The summed E-state index contributed by atoms with van der Waals surface area (Å²) in [4.78, 5) is 46.0. The van der Waals surface area contributed by atoms with Crippen LogP contribution in [-0.4, -0.2) is 59.9 Å². The third kappa shape index (κ3) is 41.6. The number of esters is 2. The average molecular weight is 864 g/mol. The smallest absolute Gasteiger partial charge is 0.472 e. The van der Waals surface area contributed by atoms with Crippen molar-refractivity contribution < 1.29 is 47.5 Å². The molecule has 12 heteroatoms. The summed E-state index contributed by atoms with van der Waals surface area (Å²) in [5.41, 5.74) is 5.33. The zero-order valence-electron chi connectivity index (χ0n) is 37.3. The van der Waals surface area contributed by atoms with Gasteiger partial charge in [-0.1, -0.05) is 189 Å². The summed E-state index contributed by atoms with van der Waals surface area (Å²) in [6.07, 6.45) is 51.2. The Kier molecular flexibility index (Phi) is 40.4. The summed E-state index contributed by atoms with van der Waals surface area (Å²) < 4.78 is 32.7. The molecule has 60 heavy (non-hydrogen) atoms. The summed E-state index contributed by atoms with van der Waals surface area (Å²) in [6.45, 7) is 2.62. The number of carboxylic acid groups (broad SMARTS) is 1. The van der Waals surface area contributed by atoms with Crippen LogP contribution in [-0.2, 0) is 37.5 Å². The topological polar surface area (TPSA) is 172 Å². The predicted molar refractivity (Wildman–Crippen MR) is 244 cm³/mol. The molecule has 0 fully saturated rings. The molecule has 1 unspecified atom stereocenters. The minimum atomic E-state index is -4.74. The summed E-state index contributed by atoms with van der Waals surface area (Å²) >= 11 is 0. The van der Waals surface area contributed by atoms with Crippen molar-refractivity contribution in [2.24, 2.45) is 5.73 Å². The van der Waals surface area contributed by atoms with Gasteiger partial charge in [0.2, 0.25) is 0 Å². The first-order chi connectivity index (χ1) is 29.1. The molecule has 0 aromatic rings. The van der Waals surface area contributed by atoms with E-state index in [9.17, 15) is 23.8 Å². The molecule has 0 spiro atoms. The van der Waals surface area contributed by atoms with E-state index >= 15 is 0 Å². The monoisotopic (exact) mass is 864 g/mol. The first-order valence-electron chi connectivity index (χ1n) is 23.0. The molecule has 0 aromatic carbocycles. The van der Waals surface area contributed by atoms with E-state index in [-0.39, 0.29) is 19.4 Å². The lowest BCUT2D eigenvalue weighted by Gasteiger charge is -2.20. The maximum absolute atomic E-state index is 12.6. The van der Waals surface area contributed by atoms with Crippen LogP contribution in [0.3, 0.4) is 0 Å². The number of carbonyl (C=O) groups is 3. The van der Waals surface area contributed by atoms with Crippen molar-refractivity contribution in [3.8, 4) is 0 Å². The number of rotatable bonds is 42. The van der Waals surface area contributed by atoms with Gasteiger partial charge >= 0.3 is 25.7 Å². The second-order valence-electron chi connectivity index (χ2n) is 15.2. The number of unbranched alkanes of at least 4 members (excludes halogenated alkanes) is 16. The Balaban J connectivity index is 4.45. The summed E-state index contributed by atoms with van der Waals surface area (Å²) in [7, 11) is -4.74. The van der Waals surface area contributed by atoms with Gasteiger partial charge in [-0.15, -0.1) is 0 Å². The van der Waals surface area contributed by atoms with Crippen LogP contribution in [0.15, 0.2) is 72.9 Å². The lowest BCUT2D eigenvalue weighted by molar-refractivity contribution is -0.161. The van der Waals surface area contributed by atoms with E-state index in [0.29, 0.717) is 19.3 Å². The van der Waals surface area contributed by atoms with Crippen molar-refractivity contribution in [3.05, 3.63) is 72.9 Å². The van der Waals surface area contributed by atoms with Gasteiger partial charge < -0.3 is 25.2 Å². The Morgan fingerprint density at radius 3 is 1.37 bits per heavy atom. The number of phosphoric ester groups is 1. The third-order valence-electron chi connectivity index (χ3n) is 9.48. The SMILES string of the molecule is CC/C=C\C/C=C\C/C=C\C/C=C\C/C=C\C/C=C\CCC(=O)O[C@H](COC(=O)CCCCCCCCCCCCCCCCCCC)COP(=O)(O)OC[C@H](N)C(=O)O. The number of carboxylic acids is 1. The fourth-order valence-electron chi connectivity index (χ4n) is 5.91. The normalized spacial score (nSPS) is 14.3. The molecule has 0 bridgehead atoms. The highest BCUT2D eigenvalue weighted by Crippen LogP contribution is 2.43. The van der Waals surface area contributed by atoms with Crippen LogP contribution >= 0.6 is 7.82 Å². The Morgan fingerprint density at radius 2 is 0.933 bits per heavy atom. The fourth-order valence-corrected chi connectivity index (χ4v) is 6.69. The lowest BCUT2D eigenvalue weighted by atomic mass is 10.0. The van der Waals surface area contributed by atoms with Crippen LogP contribution in [0.25, 0.3) is 0 Å². The Bertz CT molecular complexity index is 1290. The summed E-state index contributed by atoms with van der Waals surface area (Å²) in [6, 6.07) is -1.54. The molecule has 344 valence electrons. The maximum Gasteiger partial charge on any atom is 0.472 e. The van der Waals surface area contributed by atoms with Crippen molar-refractivity contribution in [1.29, 1.82) is 0 Å². The second-order valence-corrected chi connectivity index (χ2v) is 16.6. The molecule has 0 aliphatic heterocycles. The van der Waals surface area contributed by atoms with E-state index in [1.807, 2.05) is 18.2 Å². The molecule has 0 saturated carbocycles. The van der Waals surface area contributed by atoms with E-state index < -0.39 is 51.1 Å². The van der Waals surface area contributed by atoms with Crippen molar-refractivity contribution >= 4 is 25.7 Å². The number of carbonyl (C=O) groups excluding carboxylic acids is 2. The molecule has 11 nitrogen and oxygen atoms in total. The van der Waals surface area contributed by atoms with E-state index in [0.717, 1.165) is 51.4 Å². The minimum absolute atomic E-state index is 0.0343. The zero-order valence-corrected chi connectivity index (χ0v) is 38.2. The summed E-state index contributed by atoms with van der Waals surface area (Å²) in [5, 5.41) is 8.90. The van der Waals surface area contributed by atoms with E-state index in [2.05, 4.69) is 73.1 Å². The Morgan fingerprint density at radius 1 is 0.533 bits per heavy atom. The van der Waals surface area contributed by atoms with Gasteiger partial charge in [-0.25, -0.2) is 4.57 Å². The van der Waals surface area contributed by atoms with Gasteiger partial charge in [0.05, 0.1) is 13.2 Å². The fraction of sp³-hybridized carbons (Fsp3) is 0.688. The van der Waals surface area contributed by atoms with Crippen LogP contribution in [0.5, 0.6) is 0 Å². The predicted octanol–water partition coefficient (Wildman–Crippen LogP) is 12.5. The van der Waals surface area contributed by atoms with Gasteiger partial charge in [0.25, 0.3) is 0 Å². The Hall–Kier alpha value is -3.08. The molecule has 0 amide bonds. The van der Waals surface area contributed by atoms with Crippen LogP contribution in [0, 0.1) is 0 Å². The maximum atomic E-state index is 12.6. The van der Waals surface area contributed by atoms with E-state index in [1.165, 1.54) is 83.5 Å². The number of hydrogen-bond donors (Lipinski definition) is 3. The van der Waals surface area contributed by atoms with Crippen molar-refractivity contribution in [2.75, 3.05) is 19.8 Å². The van der Waals surface area contributed by atoms with Crippen LogP contribution in [0.2, 0.25) is 0 Å². The van der Waals surface area contributed by atoms with Gasteiger partial charge in [-0.3, -0.25) is 23.4 Å². The number of ether oxygens (including phenoxy) is 2. The molecule has 0 heterocycles. The molecular formula is C48H82NO10P. The highest BCUT2D eigenvalue weighted by Gasteiger charge is 2.28. The molecule has 0 aliphatic carbocycles. The zero-order chi connectivity index (χ0) is 44.2. The Labute approximate surface area is 363 Å². The lowest BCUT2D eigenvalue weighted by Crippen LogP contribution is -2.34. The van der Waals surface area contributed by atoms with Crippen LogP contribution in [0.4, 0.5) is 0 Å². The molecule has 0 aliphatic rings. The second kappa shape index (κ2) is 42.6. The quantitative estimate of drug-likeness (QED) is 0.0231. The summed E-state index contributed by atoms with van der Waals surface area (Å²) in [5.74, 6) is -2.49. The standard InChI is InChI=1S/C48H82NO10P/c1-3-5-7-9-11-13-15-17-19-21-22-24-26-28-30-32-34-36-38-40-47(51)59-44(42-57-60(54,55)58-43-45(49)48(52)53)41-56-46(50)39-37-35-33-31-29-27-25-23-20-18-16-14-12-10-8-6-4-2/h5,7,11,13,17,19,22,24,28,30,34,36,44-45H,3-4,6,8-10,12,14-16,18,20-21,23,25-27,29,31-33,35,37-43,49H2,1-2H3,(H,52,53)(H,54,55)/b7-5-,13-11-,19-17-,24-22-,30-28-,36-34-/t44-,45+/m1/s1. The van der Waals surface area contributed by atoms with Gasteiger partial charge in [-0.2, -0.15) is 0 Å². The van der Waals surface area contributed by atoms with Gasteiger partial charge in [0.15, 0.2) is 6.10 Å². The van der Waals surface area contributed by atoms with Crippen LogP contribution < -0.4 is 5.73 Å². The van der Waals surface area contributed by atoms with Crippen molar-refractivity contribution in [1.82, 2.24) is 0 Å². The van der Waals surface area contributed by atoms with Crippen LogP contribution in [0.1, 0.15) is 181 Å². The molecule has 0 saturated heterocycles. The van der Waals surface area contributed by atoms with Crippen molar-refractivity contribution in [3.63, 3.8) is 0 Å². The molecule has 3 atom stereocenters. The number of aliphatic carboxylic acids is 1.